The van der Waals surface area contributed by atoms with Gasteiger partial charge in [0.1, 0.15) is 5.82 Å². The fourth-order valence-corrected chi connectivity index (χ4v) is 3.41. The molecule has 1 aliphatic heterocycles. The molecule has 3 heterocycles. The molecule has 0 radical (unpaired) electrons. The van der Waals surface area contributed by atoms with Gasteiger partial charge in [-0.1, -0.05) is 0 Å². The fourth-order valence-electron chi connectivity index (χ4n) is 3.41. The van der Waals surface area contributed by atoms with Crippen molar-refractivity contribution in [3.05, 3.63) is 44.4 Å². The van der Waals surface area contributed by atoms with E-state index in [0.717, 1.165) is 22.4 Å². The van der Waals surface area contributed by atoms with Crippen LogP contribution >= 0.6 is 0 Å². The summed E-state index contributed by atoms with van der Waals surface area (Å²) in [5.41, 5.74) is 1.30. The summed E-state index contributed by atoms with van der Waals surface area (Å²) >= 11 is 0. The number of aromatic nitrogens is 4. The molecular formula is C18H26N6O3. The van der Waals surface area contributed by atoms with Crippen molar-refractivity contribution >= 4 is 11.7 Å². The fraction of sp³-hybridized carbons (Fsp3) is 0.556. The van der Waals surface area contributed by atoms with Crippen LogP contribution in [0, 0.1) is 6.92 Å². The Morgan fingerprint density at radius 1 is 1.22 bits per heavy atom. The SMILES string of the molecule is Cc1cc(CCC(=O)N[C@H]2CCN(c3cc(=O)n(C)c(=O)n3C)C2)nn1C. The number of rotatable bonds is 5. The quantitative estimate of drug-likeness (QED) is 0.758. The molecule has 1 amide bonds. The predicted molar refractivity (Wildman–Crippen MR) is 102 cm³/mol. The van der Waals surface area contributed by atoms with E-state index in [9.17, 15) is 14.4 Å². The van der Waals surface area contributed by atoms with Crippen LogP contribution in [0.5, 0.6) is 0 Å². The van der Waals surface area contributed by atoms with Crippen LogP contribution in [0.3, 0.4) is 0 Å². The minimum Gasteiger partial charge on any atom is -0.356 e. The molecule has 1 aliphatic rings. The Morgan fingerprint density at radius 3 is 2.63 bits per heavy atom. The highest BCUT2D eigenvalue weighted by Crippen LogP contribution is 2.17. The molecule has 0 spiro atoms. The van der Waals surface area contributed by atoms with Crippen LogP contribution in [-0.2, 0) is 32.4 Å². The van der Waals surface area contributed by atoms with Crippen molar-refractivity contribution in [3.8, 4) is 0 Å². The van der Waals surface area contributed by atoms with Gasteiger partial charge in [-0.25, -0.2) is 4.79 Å². The summed E-state index contributed by atoms with van der Waals surface area (Å²) in [5.74, 6) is 0.576. The standard InChI is InChI=1S/C18H26N6O3/c1-12-9-13(20-23(12)4)5-6-15(25)19-14-7-8-24(11-14)16-10-17(26)22(3)18(27)21(16)2/h9-10,14H,5-8,11H2,1-4H3,(H,19,25)/t14-/m0/s1. The molecule has 27 heavy (non-hydrogen) atoms. The van der Waals surface area contributed by atoms with E-state index in [4.69, 9.17) is 0 Å². The highest BCUT2D eigenvalue weighted by atomic mass is 16.2. The molecule has 9 nitrogen and oxygen atoms in total. The van der Waals surface area contributed by atoms with Gasteiger partial charge in [0.25, 0.3) is 5.56 Å². The maximum atomic E-state index is 12.3. The Balaban J connectivity index is 1.57. The second-order valence-electron chi connectivity index (χ2n) is 7.14. The number of nitrogens with zero attached hydrogens (tertiary/aromatic N) is 5. The Kier molecular flexibility index (Phi) is 5.20. The Labute approximate surface area is 157 Å². The van der Waals surface area contributed by atoms with E-state index in [1.807, 2.05) is 24.9 Å². The third-order valence-corrected chi connectivity index (χ3v) is 5.15. The number of anilines is 1. The van der Waals surface area contributed by atoms with Gasteiger partial charge < -0.3 is 10.2 Å². The highest BCUT2D eigenvalue weighted by Gasteiger charge is 2.26. The first kappa shape index (κ1) is 18.9. The van der Waals surface area contributed by atoms with Crippen LogP contribution in [0.15, 0.2) is 21.7 Å². The van der Waals surface area contributed by atoms with Crippen molar-refractivity contribution in [1.82, 2.24) is 24.2 Å². The number of carbonyl (C=O) groups is 1. The van der Waals surface area contributed by atoms with E-state index in [2.05, 4.69) is 10.4 Å². The molecule has 0 saturated carbocycles. The lowest BCUT2D eigenvalue weighted by Crippen LogP contribution is -2.41. The minimum absolute atomic E-state index is 0.00197. The molecule has 1 atom stereocenters. The lowest BCUT2D eigenvalue weighted by molar-refractivity contribution is -0.121. The van der Waals surface area contributed by atoms with Crippen LogP contribution in [0.25, 0.3) is 0 Å². The average molecular weight is 374 g/mol. The van der Waals surface area contributed by atoms with Gasteiger partial charge in [-0.3, -0.25) is 23.4 Å². The zero-order chi connectivity index (χ0) is 19.7. The zero-order valence-electron chi connectivity index (χ0n) is 16.2. The van der Waals surface area contributed by atoms with Gasteiger partial charge in [0, 0.05) is 64.9 Å². The Morgan fingerprint density at radius 2 is 1.96 bits per heavy atom. The predicted octanol–water partition coefficient (Wildman–Crippen LogP) is -0.546. The lowest BCUT2D eigenvalue weighted by atomic mass is 10.2. The summed E-state index contributed by atoms with van der Waals surface area (Å²) in [6.45, 7) is 3.24. The third-order valence-electron chi connectivity index (χ3n) is 5.15. The van der Waals surface area contributed by atoms with Crippen molar-refractivity contribution in [3.63, 3.8) is 0 Å². The van der Waals surface area contributed by atoms with Crippen LogP contribution < -0.4 is 21.5 Å². The first-order chi connectivity index (χ1) is 12.8. The van der Waals surface area contributed by atoms with Crippen molar-refractivity contribution in [2.45, 2.75) is 32.2 Å². The van der Waals surface area contributed by atoms with Gasteiger partial charge >= 0.3 is 5.69 Å². The summed E-state index contributed by atoms with van der Waals surface area (Å²) in [4.78, 5) is 38.2. The second-order valence-corrected chi connectivity index (χ2v) is 7.14. The highest BCUT2D eigenvalue weighted by molar-refractivity contribution is 5.76. The van der Waals surface area contributed by atoms with E-state index in [0.29, 0.717) is 31.7 Å². The largest absolute Gasteiger partial charge is 0.356 e. The zero-order valence-corrected chi connectivity index (χ0v) is 16.2. The number of amides is 1. The van der Waals surface area contributed by atoms with Gasteiger partial charge in [0.15, 0.2) is 0 Å². The number of hydrogen-bond donors (Lipinski definition) is 1. The number of hydrogen-bond acceptors (Lipinski definition) is 5. The molecule has 3 rings (SSSR count). The van der Waals surface area contributed by atoms with E-state index in [1.165, 1.54) is 17.7 Å². The molecule has 1 saturated heterocycles. The molecule has 2 aromatic heterocycles. The monoisotopic (exact) mass is 374 g/mol. The summed E-state index contributed by atoms with van der Waals surface area (Å²) in [6, 6.07) is 3.46. The topological polar surface area (TPSA) is 94.2 Å². The summed E-state index contributed by atoms with van der Waals surface area (Å²) in [6.07, 6.45) is 1.77. The number of carbonyl (C=O) groups excluding carboxylic acids is 1. The van der Waals surface area contributed by atoms with Gasteiger partial charge in [0.05, 0.1) is 5.69 Å². The maximum Gasteiger partial charge on any atom is 0.332 e. The molecule has 2 aromatic rings. The molecule has 1 N–H and O–H groups in total. The molecule has 0 bridgehead atoms. The third kappa shape index (κ3) is 3.96. The van der Waals surface area contributed by atoms with Gasteiger partial charge in [-0.05, 0) is 19.4 Å². The van der Waals surface area contributed by atoms with Crippen molar-refractivity contribution < 1.29 is 4.79 Å². The molecule has 1 fully saturated rings. The molecule has 146 valence electrons. The molecule has 0 unspecified atom stereocenters. The molecule has 0 aromatic carbocycles. The van der Waals surface area contributed by atoms with Crippen LogP contribution in [0.1, 0.15) is 24.2 Å². The summed E-state index contributed by atoms with van der Waals surface area (Å²) in [7, 11) is 5.00. The number of aryl methyl sites for hydroxylation is 3. The van der Waals surface area contributed by atoms with Gasteiger partial charge in [-0.15, -0.1) is 0 Å². The van der Waals surface area contributed by atoms with E-state index >= 15 is 0 Å². The van der Waals surface area contributed by atoms with Crippen molar-refractivity contribution in [2.75, 3.05) is 18.0 Å². The van der Waals surface area contributed by atoms with Gasteiger partial charge in [-0.2, -0.15) is 5.10 Å². The maximum absolute atomic E-state index is 12.3. The van der Waals surface area contributed by atoms with E-state index in [1.54, 1.807) is 11.7 Å². The molecule has 9 heteroatoms. The van der Waals surface area contributed by atoms with Crippen molar-refractivity contribution in [1.29, 1.82) is 0 Å². The Hall–Kier alpha value is -2.84. The molecule has 0 aliphatic carbocycles. The molecular weight excluding hydrogens is 348 g/mol. The van der Waals surface area contributed by atoms with Gasteiger partial charge in [0.2, 0.25) is 5.91 Å². The summed E-state index contributed by atoms with van der Waals surface area (Å²) in [5, 5.41) is 7.41. The lowest BCUT2D eigenvalue weighted by Gasteiger charge is -2.21. The van der Waals surface area contributed by atoms with Crippen LogP contribution in [-0.4, -0.2) is 44.0 Å². The van der Waals surface area contributed by atoms with Crippen LogP contribution in [0.2, 0.25) is 0 Å². The Bertz CT molecular complexity index is 951. The number of nitrogens with one attached hydrogen (secondary N) is 1. The van der Waals surface area contributed by atoms with E-state index < -0.39 is 0 Å². The normalized spacial score (nSPS) is 16.7. The van der Waals surface area contributed by atoms with E-state index in [-0.39, 0.29) is 23.2 Å². The summed E-state index contributed by atoms with van der Waals surface area (Å²) < 4.78 is 4.35. The minimum atomic E-state index is -0.351. The van der Waals surface area contributed by atoms with Crippen molar-refractivity contribution in [2.24, 2.45) is 21.1 Å². The first-order valence-corrected chi connectivity index (χ1v) is 9.07. The second kappa shape index (κ2) is 7.42. The van der Waals surface area contributed by atoms with Crippen LogP contribution in [0.4, 0.5) is 5.82 Å². The smallest absolute Gasteiger partial charge is 0.332 e. The first-order valence-electron chi connectivity index (χ1n) is 9.07. The average Bonchev–Trinajstić information content (AvgIpc) is 3.21.